The van der Waals surface area contributed by atoms with E-state index >= 15 is 4.39 Å². The zero-order valence-electron chi connectivity index (χ0n) is 23.4. The average Bonchev–Trinajstić information content (AvgIpc) is 3.57. The summed E-state index contributed by atoms with van der Waals surface area (Å²) < 4.78 is 21.1. The third-order valence-electron chi connectivity index (χ3n) is 8.58. The number of carbonyl (C=O) groups excluding carboxylic acids is 1. The summed E-state index contributed by atoms with van der Waals surface area (Å²) in [6, 6.07) is 4.62. The molecular formula is C30H35FN6O4. The van der Waals surface area contributed by atoms with E-state index in [1.165, 1.54) is 12.5 Å². The summed E-state index contributed by atoms with van der Waals surface area (Å²) in [5, 5.41) is 28.1. The van der Waals surface area contributed by atoms with Crippen LogP contribution in [0.25, 0.3) is 22.2 Å². The molecule has 2 unspecified atom stereocenters. The van der Waals surface area contributed by atoms with Gasteiger partial charge in [-0.05, 0) is 56.7 Å². The number of carbonyl (C=O) groups is 1. The molecule has 2 fully saturated rings. The van der Waals surface area contributed by atoms with E-state index in [2.05, 4.69) is 27.4 Å². The molecule has 4 aromatic rings. The second kappa shape index (κ2) is 10.6. The van der Waals surface area contributed by atoms with Gasteiger partial charge in [0.1, 0.15) is 29.4 Å². The van der Waals surface area contributed by atoms with Crippen molar-refractivity contribution >= 4 is 16.9 Å². The van der Waals surface area contributed by atoms with Gasteiger partial charge >= 0.3 is 0 Å². The van der Waals surface area contributed by atoms with Crippen LogP contribution in [0.1, 0.15) is 79.2 Å². The second-order valence-electron chi connectivity index (χ2n) is 12.0. The number of aromatic nitrogens is 4. The molecular weight excluding hydrogens is 527 g/mol. The van der Waals surface area contributed by atoms with Crippen LogP contribution in [0.4, 0.5) is 4.39 Å². The van der Waals surface area contributed by atoms with Crippen LogP contribution < -0.4 is 5.32 Å². The second-order valence-corrected chi connectivity index (χ2v) is 12.0. The first-order valence-electron chi connectivity index (χ1n) is 14.1. The van der Waals surface area contributed by atoms with Gasteiger partial charge < -0.3 is 25.0 Å². The maximum Gasteiger partial charge on any atom is 0.257 e. The minimum Gasteiger partial charge on any atom is -0.387 e. The van der Waals surface area contributed by atoms with Crippen molar-refractivity contribution in [2.45, 2.75) is 64.3 Å². The van der Waals surface area contributed by atoms with E-state index in [9.17, 15) is 15.0 Å². The van der Waals surface area contributed by atoms with E-state index in [0.29, 0.717) is 52.7 Å². The van der Waals surface area contributed by atoms with E-state index in [-0.39, 0.29) is 22.9 Å². The summed E-state index contributed by atoms with van der Waals surface area (Å²) in [4.78, 5) is 27.1. The van der Waals surface area contributed by atoms with Gasteiger partial charge in [-0.25, -0.2) is 9.37 Å². The van der Waals surface area contributed by atoms with Crippen molar-refractivity contribution in [2.75, 3.05) is 13.1 Å². The van der Waals surface area contributed by atoms with Crippen molar-refractivity contribution in [2.24, 2.45) is 11.8 Å². The standard InChI is InChI=1S/C30H35FN6O4/c1-16-4-6-18(7-5-16)25(35-28(38)22-13-41-36-17(22)2)27-33-23-9-8-19(24(31)26(23)34-27)21-12-32-11-10-20(21)29(39)37-14-30(3,40)15-37/h8-13,16,18,25,29,39-40H,4-7,14-15H2,1-3H3,(H,33,34)(H,35,38). The number of benzene rings is 1. The molecule has 2 aliphatic rings. The Hall–Kier alpha value is -3.67. The van der Waals surface area contributed by atoms with Crippen molar-refractivity contribution in [1.82, 2.24) is 30.3 Å². The highest BCUT2D eigenvalue weighted by molar-refractivity contribution is 5.95. The lowest BCUT2D eigenvalue weighted by molar-refractivity contribution is -0.153. The predicted molar refractivity (Wildman–Crippen MR) is 149 cm³/mol. The van der Waals surface area contributed by atoms with Crippen LogP contribution in [-0.2, 0) is 0 Å². The SMILES string of the molecule is Cc1nocc1C(=O)NC(c1nc2c(F)c(-c3cnccc3C(O)N3CC(C)(O)C3)ccc2[nH]1)C1CCC(C)CC1. The van der Waals surface area contributed by atoms with E-state index in [1.54, 1.807) is 43.1 Å². The molecule has 3 aromatic heterocycles. The van der Waals surface area contributed by atoms with Gasteiger partial charge in [0.05, 0.1) is 22.9 Å². The Morgan fingerprint density at radius 1 is 1.22 bits per heavy atom. The molecule has 2 atom stereocenters. The maximum atomic E-state index is 16.2. The maximum absolute atomic E-state index is 16.2. The van der Waals surface area contributed by atoms with Gasteiger partial charge in [-0.15, -0.1) is 0 Å². The highest BCUT2D eigenvalue weighted by Gasteiger charge is 2.41. The number of imidazole rings is 1. The molecule has 1 amide bonds. The Kier molecular flexibility index (Phi) is 7.13. The third kappa shape index (κ3) is 5.25. The van der Waals surface area contributed by atoms with E-state index in [4.69, 9.17) is 9.51 Å². The van der Waals surface area contributed by atoms with Crippen molar-refractivity contribution in [1.29, 1.82) is 0 Å². The van der Waals surface area contributed by atoms with Gasteiger partial charge in [-0.1, -0.05) is 24.9 Å². The number of aliphatic hydroxyl groups excluding tert-OH is 1. The first-order chi connectivity index (χ1) is 19.6. The molecule has 1 aliphatic heterocycles. The Labute approximate surface area is 237 Å². The minimum atomic E-state index is -1.02. The molecule has 1 aliphatic carbocycles. The van der Waals surface area contributed by atoms with Crippen molar-refractivity contribution < 1.29 is 23.9 Å². The fourth-order valence-corrected chi connectivity index (χ4v) is 6.23. The monoisotopic (exact) mass is 562 g/mol. The van der Waals surface area contributed by atoms with Gasteiger partial charge in [-0.2, -0.15) is 0 Å². The molecule has 11 heteroatoms. The van der Waals surface area contributed by atoms with Gasteiger partial charge in [0.25, 0.3) is 5.91 Å². The highest BCUT2D eigenvalue weighted by Crippen LogP contribution is 2.39. The molecule has 0 bridgehead atoms. The summed E-state index contributed by atoms with van der Waals surface area (Å²) in [5.41, 5.74) is 1.86. The quantitative estimate of drug-likeness (QED) is 0.260. The number of hydrogen-bond donors (Lipinski definition) is 4. The number of aromatic amines is 1. The lowest BCUT2D eigenvalue weighted by Gasteiger charge is -2.46. The van der Waals surface area contributed by atoms with Crippen molar-refractivity contribution in [3.63, 3.8) is 0 Å². The molecule has 1 saturated heterocycles. The Morgan fingerprint density at radius 3 is 2.66 bits per heavy atom. The smallest absolute Gasteiger partial charge is 0.257 e. The molecule has 0 spiro atoms. The van der Waals surface area contributed by atoms with Gasteiger partial charge in [0.15, 0.2) is 5.82 Å². The van der Waals surface area contributed by atoms with E-state index < -0.39 is 23.7 Å². The lowest BCUT2D eigenvalue weighted by Crippen LogP contribution is -2.60. The van der Waals surface area contributed by atoms with Crippen LogP contribution in [0, 0.1) is 24.6 Å². The Morgan fingerprint density at radius 2 is 1.98 bits per heavy atom. The fraction of sp³-hybridized carbons (Fsp3) is 0.467. The number of fused-ring (bicyclic) bond motifs is 1. The van der Waals surface area contributed by atoms with Crippen LogP contribution in [-0.4, -0.2) is 59.8 Å². The molecule has 6 rings (SSSR count). The van der Waals surface area contributed by atoms with Crippen LogP contribution in [0.5, 0.6) is 0 Å². The van der Waals surface area contributed by atoms with Gasteiger partial charge in [-0.3, -0.25) is 14.7 Å². The first-order valence-corrected chi connectivity index (χ1v) is 14.1. The number of nitrogens with zero attached hydrogens (tertiary/aromatic N) is 4. The zero-order valence-corrected chi connectivity index (χ0v) is 23.4. The number of nitrogens with one attached hydrogen (secondary N) is 2. The third-order valence-corrected chi connectivity index (χ3v) is 8.58. The number of aliphatic hydroxyl groups is 2. The fourth-order valence-electron chi connectivity index (χ4n) is 6.23. The largest absolute Gasteiger partial charge is 0.387 e. The van der Waals surface area contributed by atoms with Crippen LogP contribution in [0.15, 0.2) is 41.4 Å². The number of hydrogen-bond acceptors (Lipinski definition) is 8. The summed E-state index contributed by atoms with van der Waals surface area (Å²) in [6.07, 6.45) is 7.31. The van der Waals surface area contributed by atoms with Crippen molar-refractivity contribution in [3.05, 3.63) is 65.3 Å². The molecule has 216 valence electrons. The minimum absolute atomic E-state index is 0.132. The van der Waals surface area contributed by atoms with Crippen molar-refractivity contribution in [3.8, 4) is 11.1 Å². The normalized spacial score (nSPS) is 22.3. The number of likely N-dealkylation sites (tertiary alicyclic amines) is 1. The van der Waals surface area contributed by atoms with Crippen LogP contribution in [0.3, 0.4) is 0 Å². The summed E-state index contributed by atoms with van der Waals surface area (Å²) in [6.45, 7) is 6.27. The molecule has 4 N–H and O–H groups in total. The molecule has 41 heavy (non-hydrogen) atoms. The number of aryl methyl sites for hydroxylation is 1. The first kappa shape index (κ1) is 27.5. The lowest BCUT2D eigenvalue weighted by atomic mass is 9.79. The predicted octanol–water partition coefficient (Wildman–Crippen LogP) is 4.42. The number of rotatable bonds is 7. The molecule has 10 nitrogen and oxygen atoms in total. The van der Waals surface area contributed by atoms with Crippen LogP contribution >= 0.6 is 0 Å². The van der Waals surface area contributed by atoms with E-state index in [0.717, 1.165) is 25.7 Å². The Bertz CT molecular complexity index is 1570. The Balaban J connectivity index is 1.35. The van der Waals surface area contributed by atoms with Gasteiger partial charge in [0.2, 0.25) is 0 Å². The number of pyridine rings is 1. The highest BCUT2D eigenvalue weighted by atomic mass is 19.1. The molecule has 0 radical (unpaired) electrons. The summed E-state index contributed by atoms with van der Waals surface area (Å²) in [5.74, 6) is 0.386. The molecule has 1 saturated carbocycles. The van der Waals surface area contributed by atoms with Crippen LogP contribution in [0.2, 0.25) is 0 Å². The topological polar surface area (TPSA) is 140 Å². The number of halogens is 1. The number of H-pyrrole nitrogens is 1. The number of β-amino-alcohol motifs (C(OH)–C–C–N with tert-alkyl or cyclic N) is 1. The van der Waals surface area contributed by atoms with E-state index in [1.807, 2.05) is 0 Å². The average molecular weight is 563 g/mol. The molecule has 1 aromatic carbocycles. The summed E-state index contributed by atoms with van der Waals surface area (Å²) >= 11 is 0. The van der Waals surface area contributed by atoms with Gasteiger partial charge in [0, 0.05) is 42.2 Å². The molecule has 4 heterocycles. The zero-order chi connectivity index (χ0) is 28.9. The summed E-state index contributed by atoms with van der Waals surface area (Å²) in [7, 11) is 0. The number of amides is 1.